The van der Waals surface area contributed by atoms with Crippen molar-refractivity contribution in [2.45, 2.75) is 53.6 Å². The molecule has 82 valence electrons. The van der Waals surface area contributed by atoms with Gasteiger partial charge in [0.25, 0.3) is 0 Å². The van der Waals surface area contributed by atoms with E-state index >= 15 is 0 Å². The van der Waals surface area contributed by atoms with E-state index in [0.29, 0.717) is 12.1 Å². The van der Waals surface area contributed by atoms with Gasteiger partial charge in [-0.3, -0.25) is 9.59 Å². The summed E-state index contributed by atoms with van der Waals surface area (Å²) in [6.07, 6.45) is 0. The van der Waals surface area contributed by atoms with Gasteiger partial charge in [0.1, 0.15) is 0 Å². The van der Waals surface area contributed by atoms with Crippen LogP contribution >= 0.6 is 0 Å². The van der Waals surface area contributed by atoms with Gasteiger partial charge in [0.2, 0.25) is 0 Å². The number of hydrogen-bond donors (Lipinski definition) is 0. The second-order valence-electron chi connectivity index (χ2n) is 3.53. The third-order valence-electron chi connectivity index (χ3n) is 1.02. The van der Waals surface area contributed by atoms with Gasteiger partial charge in [-0.25, -0.2) is 0 Å². The van der Waals surface area contributed by atoms with Gasteiger partial charge in [-0.05, 0) is 27.7 Å². The minimum Gasteiger partial charge on any atom is -0.291 e. The first kappa shape index (κ1) is 15.4. The molecule has 0 spiro atoms. The Hall–Kier alpha value is -1.06. The first-order valence-corrected chi connectivity index (χ1v) is 4.68. The average molecular weight is 200 g/mol. The second kappa shape index (κ2) is 8.53. The summed E-state index contributed by atoms with van der Waals surface area (Å²) in [7, 11) is 0. The quantitative estimate of drug-likeness (QED) is 0.519. The van der Waals surface area contributed by atoms with Crippen molar-refractivity contribution in [1.29, 1.82) is 0 Å². The van der Waals surface area contributed by atoms with Crippen LogP contribution in [0.5, 0.6) is 0 Å². The maximum atomic E-state index is 9.79. The Kier molecular flexibility index (Phi) is 9.40. The summed E-state index contributed by atoms with van der Waals surface area (Å²) in [5.74, 6) is -0.759. The molecule has 0 unspecified atom stereocenters. The zero-order valence-electron chi connectivity index (χ0n) is 9.87. The molecule has 14 heavy (non-hydrogen) atoms. The molecule has 4 nitrogen and oxygen atoms in total. The Morgan fingerprint density at radius 2 is 1.00 bits per heavy atom. The van der Waals surface area contributed by atoms with Gasteiger partial charge in [0, 0.05) is 13.8 Å². The lowest BCUT2D eigenvalue weighted by Gasteiger charge is -1.94. The van der Waals surface area contributed by atoms with Crippen LogP contribution < -0.4 is 0 Å². The van der Waals surface area contributed by atoms with Crippen LogP contribution in [0.2, 0.25) is 0 Å². The molecule has 0 aromatic carbocycles. The fraction of sp³-hybridized carbons (Fsp3) is 0.800. The van der Waals surface area contributed by atoms with E-state index in [1.165, 1.54) is 13.8 Å². The highest BCUT2D eigenvalue weighted by Gasteiger charge is 1.94. The number of ketones is 2. The van der Waals surface area contributed by atoms with Gasteiger partial charge < -0.3 is 0 Å². The monoisotopic (exact) mass is 200 g/mol. The molecular formula is C10H20N2O2. The van der Waals surface area contributed by atoms with E-state index in [1.807, 2.05) is 27.7 Å². The highest BCUT2D eigenvalue weighted by Crippen LogP contribution is 1.91. The molecule has 0 saturated carbocycles. The normalized spacial score (nSPS) is 10.3. The Morgan fingerprint density at radius 3 is 1.07 bits per heavy atom. The Balaban J connectivity index is 0. The van der Waals surface area contributed by atoms with Crippen molar-refractivity contribution in [1.82, 2.24) is 0 Å². The maximum absolute atomic E-state index is 9.79. The summed E-state index contributed by atoms with van der Waals surface area (Å²) in [6.45, 7) is 10.6. The smallest absolute Gasteiger partial charge is 0.195 e. The predicted molar refractivity (Wildman–Crippen MR) is 56.5 cm³/mol. The molecule has 4 heteroatoms. The van der Waals surface area contributed by atoms with Crippen molar-refractivity contribution in [2.24, 2.45) is 10.2 Å². The van der Waals surface area contributed by atoms with Crippen LogP contribution in [0.4, 0.5) is 0 Å². The largest absolute Gasteiger partial charge is 0.291 e. The van der Waals surface area contributed by atoms with Crippen LogP contribution in [0.15, 0.2) is 10.2 Å². The topological polar surface area (TPSA) is 58.9 Å². The minimum atomic E-state index is -0.380. The summed E-state index contributed by atoms with van der Waals surface area (Å²) in [5.41, 5.74) is 0. The summed E-state index contributed by atoms with van der Waals surface area (Å²) in [4.78, 5) is 19.6. The zero-order valence-corrected chi connectivity index (χ0v) is 9.87. The fourth-order valence-electron chi connectivity index (χ4n) is 0.267. The van der Waals surface area contributed by atoms with E-state index in [1.54, 1.807) is 0 Å². The van der Waals surface area contributed by atoms with E-state index < -0.39 is 0 Å². The molecule has 0 aliphatic rings. The minimum absolute atomic E-state index is 0.345. The molecule has 0 heterocycles. The number of nitrogens with zero attached hydrogens (tertiary/aromatic N) is 2. The molecule has 0 aliphatic carbocycles. The van der Waals surface area contributed by atoms with E-state index in [4.69, 9.17) is 0 Å². The van der Waals surface area contributed by atoms with Gasteiger partial charge in [0.15, 0.2) is 11.6 Å². The SMILES string of the molecule is CC(=O)C(C)=O.CC(C)/N=N/C(C)C. The van der Waals surface area contributed by atoms with Crippen molar-refractivity contribution in [3.05, 3.63) is 0 Å². The zero-order chi connectivity index (χ0) is 11.7. The van der Waals surface area contributed by atoms with Crippen LogP contribution in [0.3, 0.4) is 0 Å². The lowest BCUT2D eigenvalue weighted by atomic mass is 10.3. The Labute approximate surface area is 85.8 Å². The predicted octanol–water partition coefficient (Wildman–Crippen LogP) is 2.42. The number of carbonyl (C=O) groups excluding carboxylic acids is 2. The molecule has 0 amide bonds. The van der Waals surface area contributed by atoms with E-state index in [9.17, 15) is 9.59 Å². The van der Waals surface area contributed by atoms with Gasteiger partial charge >= 0.3 is 0 Å². The number of azo groups is 1. The van der Waals surface area contributed by atoms with Gasteiger partial charge in [-0.15, -0.1) is 0 Å². The lowest BCUT2D eigenvalue weighted by molar-refractivity contribution is -0.134. The highest BCUT2D eigenvalue weighted by molar-refractivity contribution is 6.35. The van der Waals surface area contributed by atoms with E-state index in [2.05, 4.69) is 10.2 Å². The van der Waals surface area contributed by atoms with Gasteiger partial charge in [-0.2, -0.15) is 10.2 Å². The molecule has 0 saturated heterocycles. The molecular weight excluding hydrogens is 180 g/mol. The standard InChI is InChI=1S/C6H14N2.C4H6O2/c1-5(2)7-8-6(3)4;1-3(5)4(2)6/h5-6H,1-4H3;1-2H3/b8-7+;. The van der Waals surface area contributed by atoms with Crippen molar-refractivity contribution in [2.75, 3.05) is 0 Å². The maximum Gasteiger partial charge on any atom is 0.195 e. The molecule has 0 aromatic heterocycles. The first-order chi connectivity index (χ1) is 6.27. The van der Waals surface area contributed by atoms with Crippen molar-refractivity contribution in [3.8, 4) is 0 Å². The summed E-state index contributed by atoms with van der Waals surface area (Å²) in [6, 6.07) is 0.690. The third kappa shape index (κ3) is 17.1. The molecule has 0 aromatic rings. The van der Waals surface area contributed by atoms with Crippen LogP contribution in [0.25, 0.3) is 0 Å². The van der Waals surface area contributed by atoms with Crippen molar-refractivity contribution >= 4 is 11.6 Å². The Morgan fingerprint density at radius 1 is 0.786 bits per heavy atom. The summed E-state index contributed by atoms with van der Waals surface area (Å²) < 4.78 is 0. The van der Waals surface area contributed by atoms with Crippen molar-refractivity contribution < 1.29 is 9.59 Å². The van der Waals surface area contributed by atoms with Gasteiger partial charge in [-0.1, -0.05) is 0 Å². The number of hydrogen-bond acceptors (Lipinski definition) is 4. The van der Waals surface area contributed by atoms with Crippen LogP contribution in [-0.2, 0) is 9.59 Å². The second-order valence-corrected chi connectivity index (χ2v) is 3.53. The van der Waals surface area contributed by atoms with Crippen LogP contribution in [0.1, 0.15) is 41.5 Å². The molecule has 0 aliphatic heterocycles. The average Bonchev–Trinajstić information content (AvgIpc) is 2.01. The van der Waals surface area contributed by atoms with E-state index in [-0.39, 0.29) is 11.6 Å². The van der Waals surface area contributed by atoms with Crippen molar-refractivity contribution in [3.63, 3.8) is 0 Å². The fourth-order valence-corrected chi connectivity index (χ4v) is 0.267. The molecule has 0 fully saturated rings. The number of rotatable bonds is 3. The third-order valence-corrected chi connectivity index (χ3v) is 1.02. The molecule has 0 N–H and O–H groups in total. The van der Waals surface area contributed by atoms with Gasteiger partial charge in [0.05, 0.1) is 12.1 Å². The van der Waals surface area contributed by atoms with Crippen LogP contribution in [0, 0.1) is 0 Å². The molecule has 0 bridgehead atoms. The number of Topliss-reactive ketones (excluding diaryl/α,β-unsaturated/α-hetero) is 2. The molecule has 0 radical (unpaired) electrons. The first-order valence-electron chi connectivity index (χ1n) is 4.68. The lowest BCUT2D eigenvalue weighted by Crippen LogP contribution is -2.01. The van der Waals surface area contributed by atoms with Crippen LogP contribution in [-0.4, -0.2) is 23.7 Å². The number of carbonyl (C=O) groups is 2. The molecule has 0 atom stereocenters. The van der Waals surface area contributed by atoms with E-state index in [0.717, 1.165) is 0 Å². The summed E-state index contributed by atoms with van der Waals surface area (Å²) in [5, 5.41) is 7.90. The highest BCUT2D eigenvalue weighted by atomic mass is 16.2. The molecule has 0 rings (SSSR count). The summed E-state index contributed by atoms with van der Waals surface area (Å²) >= 11 is 0. The Bertz CT molecular complexity index is 186.